The number of carbonyl (C=O) groups is 2. The van der Waals surface area contributed by atoms with Crippen LogP contribution in [0.5, 0.6) is 0 Å². The van der Waals surface area contributed by atoms with Gasteiger partial charge in [0, 0.05) is 6.42 Å². The third-order valence-corrected chi connectivity index (χ3v) is 14.6. The van der Waals surface area contributed by atoms with Crippen LogP contribution in [0.3, 0.4) is 0 Å². The quantitative estimate of drug-likeness (QED) is 0.0149. The van der Waals surface area contributed by atoms with Gasteiger partial charge in [0.15, 0.2) is 12.4 Å². The molecule has 73 heavy (non-hydrogen) atoms. The molecule has 0 aromatic carbocycles. The monoisotopic (exact) mass is 1030 g/mol. The van der Waals surface area contributed by atoms with Gasteiger partial charge >= 0.3 is 5.97 Å². The highest BCUT2D eigenvalue weighted by molar-refractivity contribution is 5.80. The van der Waals surface area contributed by atoms with Crippen LogP contribution in [0.25, 0.3) is 0 Å². The molecule has 0 aliphatic carbocycles. The highest BCUT2D eigenvalue weighted by Crippen LogP contribution is 2.26. The minimum Gasteiger partial charge on any atom is -0.454 e. The second kappa shape index (κ2) is 50.7. The SMILES string of the molecule is CCCCC/C=C/C=C/CCCCCCCCC(=O)OC1C(OCC(NC(=O)C(O)CCCCCCCCCCCCCCCCCCCC)C(O)/C=C/CCCCCCCCCCC)OC(CO)C(O)C1O. The first-order valence-corrected chi connectivity index (χ1v) is 30.8. The number of hydrogen-bond acceptors (Lipinski definition) is 10. The van der Waals surface area contributed by atoms with E-state index in [1.54, 1.807) is 6.08 Å². The summed E-state index contributed by atoms with van der Waals surface area (Å²) in [7, 11) is 0. The van der Waals surface area contributed by atoms with Crippen molar-refractivity contribution in [2.75, 3.05) is 13.2 Å². The van der Waals surface area contributed by atoms with Crippen molar-refractivity contribution in [3.63, 3.8) is 0 Å². The molecule has 0 saturated carbocycles. The first-order valence-electron chi connectivity index (χ1n) is 30.8. The van der Waals surface area contributed by atoms with E-state index in [0.717, 1.165) is 83.5 Å². The topological polar surface area (TPSA) is 175 Å². The van der Waals surface area contributed by atoms with E-state index in [0.29, 0.717) is 19.3 Å². The lowest BCUT2D eigenvalue weighted by atomic mass is 9.99. The van der Waals surface area contributed by atoms with E-state index in [1.807, 2.05) is 6.08 Å². The highest BCUT2D eigenvalue weighted by atomic mass is 16.7. The zero-order valence-electron chi connectivity index (χ0n) is 47.3. The summed E-state index contributed by atoms with van der Waals surface area (Å²) in [6, 6.07) is -1.02. The highest BCUT2D eigenvalue weighted by Gasteiger charge is 2.47. The van der Waals surface area contributed by atoms with E-state index in [-0.39, 0.29) is 13.0 Å². The zero-order valence-corrected chi connectivity index (χ0v) is 47.3. The predicted molar refractivity (Wildman–Crippen MR) is 301 cm³/mol. The molecule has 0 bridgehead atoms. The lowest BCUT2D eigenvalue weighted by Crippen LogP contribution is -2.61. The smallest absolute Gasteiger partial charge is 0.306 e. The summed E-state index contributed by atoms with van der Waals surface area (Å²) in [4.78, 5) is 26.5. The molecule has 8 unspecified atom stereocenters. The van der Waals surface area contributed by atoms with E-state index >= 15 is 0 Å². The average molecular weight is 1030 g/mol. The van der Waals surface area contributed by atoms with Gasteiger partial charge in [0.1, 0.15) is 24.4 Å². The number of aliphatic hydroxyl groups is 5. The molecule has 1 fully saturated rings. The Balaban J connectivity index is 2.67. The van der Waals surface area contributed by atoms with E-state index in [9.17, 15) is 35.1 Å². The molecule has 0 aromatic rings. The molecular formula is C62H115NO10. The number of hydrogen-bond donors (Lipinski definition) is 6. The largest absolute Gasteiger partial charge is 0.454 e. The lowest BCUT2D eigenvalue weighted by molar-refractivity contribution is -0.305. The summed E-state index contributed by atoms with van der Waals surface area (Å²) in [5.41, 5.74) is 0. The number of rotatable bonds is 52. The fourth-order valence-electron chi connectivity index (χ4n) is 9.64. The van der Waals surface area contributed by atoms with Crippen LogP contribution in [0.2, 0.25) is 0 Å². The standard InChI is InChI=1S/C62H115NO10/c1-4-7-10-13-16-19-22-24-26-27-28-30-31-34-37-40-43-46-49-55(66)61(70)63-53(54(65)48-45-42-39-36-33-21-18-15-12-9-6-3)52-71-62-60(59(69)58(68)56(51-64)72-62)73-57(67)50-47-44-41-38-35-32-29-25-23-20-17-14-11-8-5-2/h17,20,23,25,45,48,53-56,58-60,62,64-66,68-69H,4-16,18-19,21-22,24,26-44,46-47,49-52H2,1-3H3,(H,63,70)/b20-17+,25-23+,48-45+. The van der Waals surface area contributed by atoms with Gasteiger partial charge in [-0.2, -0.15) is 0 Å². The Morgan fingerprint density at radius 2 is 0.932 bits per heavy atom. The van der Waals surface area contributed by atoms with Crippen molar-refractivity contribution < 1.29 is 49.3 Å². The van der Waals surface area contributed by atoms with Gasteiger partial charge in [0.25, 0.3) is 0 Å². The van der Waals surface area contributed by atoms with Crippen LogP contribution < -0.4 is 5.32 Å². The molecule has 0 radical (unpaired) electrons. The van der Waals surface area contributed by atoms with Gasteiger partial charge in [0.05, 0.1) is 25.4 Å². The number of ether oxygens (including phenoxy) is 3. The molecule has 1 saturated heterocycles. The van der Waals surface area contributed by atoms with Crippen molar-refractivity contribution in [2.45, 2.75) is 333 Å². The van der Waals surface area contributed by atoms with Crippen LogP contribution in [0.1, 0.15) is 284 Å². The molecule has 1 aliphatic heterocycles. The van der Waals surface area contributed by atoms with Crippen LogP contribution in [0.4, 0.5) is 0 Å². The molecule has 428 valence electrons. The van der Waals surface area contributed by atoms with Gasteiger partial charge < -0.3 is 45.1 Å². The first-order chi connectivity index (χ1) is 35.7. The number of allylic oxidation sites excluding steroid dienone is 5. The van der Waals surface area contributed by atoms with Crippen LogP contribution in [-0.2, 0) is 23.8 Å². The first kappa shape index (κ1) is 68.9. The van der Waals surface area contributed by atoms with E-state index in [1.165, 1.54) is 154 Å². The Bertz CT molecular complexity index is 1330. The summed E-state index contributed by atoms with van der Waals surface area (Å²) in [6.45, 7) is 5.76. The number of esters is 1. The van der Waals surface area contributed by atoms with Gasteiger partial charge in [-0.1, -0.05) is 263 Å². The second-order valence-corrected chi connectivity index (χ2v) is 21.5. The molecule has 0 spiro atoms. The molecule has 11 nitrogen and oxygen atoms in total. The van der Waals surface area contributed by atoms with E-state index in [2.05, 4.69) is 50.4 Å². The van der Waals surface area contributed by atoms with Crippen molar-refractivity contribution in [1.82, 2.24) is 5.32 Å². The molecule has 1 heterocycles. The van der Waals surface area contributed by atoms with Crippen LogP contribution in [-0.4, -0.2) is 99.6 Å². The summed E-state index contributed by atoms with van der Waals surface area (Å²) in [5, 5.41) is 56.9. The van der Waals surface area contributed by atoms with Crippen LogP contribution in [0, 0.1) is 0 Å². The Labute approximate surface area is 447 Å². The number of amides is 1. The zero-order chi connectivity index (χ0) is 53.3. The Kier molecular flexibility index (Phi) is 47.8. The number of unbranched alkanes of at least 4 members (excludes halogenated alkanes) is 35. The summed E-state index contributed by atoms with van der Waals surface area (Å²) >= 11 is 0. The molecule has 1 aliphatic rings. The van der Waals surface area contributed by atoms with Crippen molar-refractivity contribution in [3.05, 3.63) is 36.5 Å². The maximum Gasteiger partial charge on any atom is 0.306 e. The molecule has 11 heteroatoms. The predicted octanol–water partition coefficient (Wildman–Crippen LogP) is 14.3. The summed E-state index contributed by atoms with van der Waals surface area (Å²) < 4.78 is 17.6. The second-order valence-electron chi connectivity index (χ2n) is 21.5. The molecule has 0 aromatic heterocycles. The normalized spacial score (nSPS) is 19.6. The minimum atomic E-state index is -1.61. The molecule has 8 atom stereocenters. The van der Waals surface area contributed by atoms with E-state index < -0.39 is 67.4 Å². The Hall–Kier alpha value is -2.12. The maximum absolute atomic E-state index is 13.4. The maximum atomic E-state index is 13.4. The Morgan fingerprint density at radius 3 is 1.40 bits per heavy atom. The summed E-state index contributed by atoms with van der Waals surface area (Å²) in [6.07, 6.45) is 49.0. The van der Waals surface area contributed by atoms with E-state index in [4.69, 9.17) is 14.2 Å². The molecule has 6 N–H and O–H groups in total. The third-order valence-electron chi connectivity index (χ3n) is 14.6. The molecule has 1 amide bonds. The van der Waals surface area contributed by atoms with Gasteiger partial charge in [-0.05, 0) is 51.4 Å². The fraction of sp³-hybridized carbons (Fsp3) is 0.871. The van der Waals surface area contributed by atoms with Crippen molar-refractivity contribution in [3.8, 4) is 0 Å². The number of nitrogens with one attached hydrogen (secondary N) is 1. The molecular weight excluding hydrogens is 919 g/mol. The van der Waals surface area contributed by atoms with Crippen molar-refractivity contribution in [2.24, 2.45) is 0 Å². The number of aliphatic hydroxyl groups excluding tert-OH is 5. The van der Waals surface area contributed by atoms with Crippen molar-refractivity contribution in [1.29, 1.82) is 0 Å². The lowest BCUT2D eigenvalue weighted by Gasteiger charge is -2.41. The van der Waals surface area contributed by atoms with Crippen LogP contribution in [0.15, 0.2) is 36.5 Å². The Morgan fingerprint density at radius 1 is 0.534 bits per heavy atom. The van der Waals surface area contributed by atoms with Gasteiger partial charge in [-0.15, -0.1) is 0 Å². The fourth-order valence-corrected chi connectivity index (χ4v) is 9.64. The van der Waals surface area contributed by atoms with Crippen LogP contribution >= 0.6 is 0 Å². The third kappa shape index (κ3) is 39.0. The minimum absolute atomic E-state index is 0.112. The summed E-state index contributed by atoms with van der Waals surface area (Å²) in [5.74, 6) is -1.20. The van der Waals surface area contributed by atoms with Crippen molar-refractivity contribution >= 4 is 11.9 Å². The van der Waals surface area contributed by atoms with Gasteiger partial charge in [-0.3, -0.25) is 9.59 Å². The molecule has 1 rings (SSSR count). The average Bonchev–Trinajstić information content (AvgIpc) is 3.39. The number of carbonyl (C=O) groups excluding carboxylic acids is 2. The van der Waals surface area contributed by atoms with Gasteiger partial charge in [0.2, 0.25) is 5.91 Å². The van der Waals surface area contributed by atoms with Gasteiger partial charge in [-0.25, -0.2) is 0 Å².